The Labute approximate surface area is 82.6 Å². The van der Waals surface area contributed by atoms with Crippen molar-refractivity contribution in [1.82, 2.24) is 9.55 Å². The van der Waals surface area contributed by atoms with Gasteiger partial charge in [0.2, 0.25) is 0 Å². The molecule has 0 spiro atoms. The van der Waals surface area contributed by atoms with Gasteiger partial charge in [0.25, 0.3) is 0 Å². The minimum atomic E-state index is -0.754. The van der Waals surface area contributed by atoms with Crippen LogP contribution in [0.2, 0.25) is 0 Å². The lowest BCUT2D eigenvalue weighted by atomic mass is 9.99. The first kappa shape index (κ1) is 9.24. The molecular weight excluding hydrogens is 180 g/mol. The summed E-state index contributed by atoms with van der Waals surface area (Å²) in [6.07, 6.45) is 1.64. The molecule has 4 nitrogen and oxygen atoms in total. The van der Waals surface area contributed by atoms with Crippen LogP contribution in [0, 0.1) is 13.8 Å². The van der Waals surface area contributed by atoms with E-state index in [9.17, 15) is 4.79 Å². The van der Waals surface area contributed by atoms with Gasteiger partial charge in [0.15, 0.2) is 0 Å². The fourth-order valence-electron chi connectivity index (χ4n) is 2.05. The van der Waals surface area contributed by atoms with Gasteiger partial charge in [0.05, 0.1) is 5.69 Å². The van der Waals surface area contributed by atoms with Gasteiger partial charge in [-0.1, -0.05) is 0 Å². The second-order valence-electron chi connectivity index (χ2n) is 3.83. The molecule has 1 N–H and O–H groups in total. The molecule has 1 aliphatic rings. The minimum Gasteiger partial charge on any atom is -0.481 e. The highest BCUT2D eigenvalue weighted by atomic mass is 16.4. The number of carboxylic acid groups (broad SMARTS) is 1. The predicted octanol–water partition coefficient (Wildman–Crippen LogP) is 1.46. The maximum atomic E-state index is 11.0. The van der Waals surface area contributed by atoms with Gasteiger partial charge >= 0.3 is 5.97 Å². The number of carboxylic acids is 1. The van der Waals surface area contributed by atoms with E-state index < -0.39 is 11.9 Å². The molecule has 1 atom stereocenters. The number of hydrogen-bond donors (Lipinski definition) is 1. The van der Waals surface area contributed by atoms with Crippen molar-refractivity contribution in [2.75, 3.05) is 0 Å². The van der Waals surface area contributed by atoms with Gasteiger partial charge in [-0.2, -0.15) is 0 Å². The zero-order chi connectivity index (χ0) is 10.3. The molecule has 0 aliphatic carbocycles. The summed E-state index contributed by atoms with van der Waals surface area (Å²) in [6.45, 7) is 4.83. The quantitative estimate of drug-likeness (QED) is 0.736. The second-order valence-corrected chi connectivity index (χ2v) is 3.83. The van der Waals surface area contributed by atoms with Gasteiger partial charge in [0.1, 0.15) is 11.7 Å². The first-order chi connectivity index (χ1) is 6.61. The van der Waals surface area contributed by atoms with Crippen molar-refractivity contribution in [3.8, 4) is 0 Å². The van der Waals surface area contributed by atoms with E-state index in [-0.39, 0.29) is 0 Å². The Morgan fingerprint density at radius 1 is 1.57 bits per heavy atom. The lowest BCUT2D eigenvalue weighted by molar-refractivity contribution is -0.139. The van der Waals surface area contributed by atoms with Crippen molar-refractivity contribution in [1.29, 1.82) is 0 Å². The van der Waals surface area contributed by atoms with Gasteiger partial charge in [-0.15, -0.1) is 0 Å². The number of aliphatic carboxylic acids is 1. The fraction of sp³-hybridized carbons (Fsp3) is 0.600. The van der Waals surface area contributed by atoms with Crippen molar-refractivity contribution in [2.45, 2.75) is 39.2 Å². The molecule has 0 bridgehead atoms. The van der Waals surface area contributed by atoms with Crippen LogP contribution < -0.4 is 0 Å². The van der Waals surface area contributed by atoms with Crippen LogP contribution in [-0.4, -0.2) is 20.6 Å². The van der Waals surface area contributed by atoms with Crippen LogP contribution in [-0.2, 0) is 11.3 Å². The second kappa shape index (κ2) is 3.12. The topological polar surface area (TPSA) is 55.1 Å². The summed E-state index contributed by atoms with van der Waals surface area (Å²) in [5.74, 6) is -0.425. The predicted molar refractivity (Wildman–Crippen MR) is 51.3 cm³/mol. The number of hydrogen-bond acceptors (Lipinski definition) is 2. The largest absolute Gasteiger partial charge is 0.481 e. The molecule has 0 saturated carbocycles. The number of rotatable bonds is 1. The summed E-state index contributed by atoms with van der Waals surface area (Å²) in [7, 11) is 0. The molecule has 0 amide bonds. The maximum absolute atomic E-state index is 11.0. The van der Waals surface area contributed by atoms with E-state index in [1.54, 1.807) is 0 Å². The Hall–Kier alpha value is -1.32. The number of carbonyl (C=O) groups is 1. The summed E-state index contributed by atoms with van der Waals surface area (Å²) in [4.78, 5) is 15.3. The third kappa shape index (κ3) is 1.22. The number of imidazole rings is 1. The molecule has 1 aromatic rings. The summed E-state index contributed by atoms with van der Waals surface area (Å²) in [5, 5.41) is 9.03. The first-order valence-corrected chi connectivity index (χ1v) is 4.87. The van der Waals surface area contributed by atoms with Crippen molar-refractivity contribution in [3.05, 3.63) is 17.2 Å². The highest BCUT2D eigenvalue weighted by molar-refractivity contribution is 5.75. The van der Waals surface area contributed by atoms with Crippen LogP contribution in [0.4, 0.5) is 0 Å². The van der Waals surface area contributed by atoms with Crippen molar-refractivity contribution in [2.24, 2.45) is 0 Å². The summed E-state index contributed by atoms with van der Waals surface area (Å²) in [6, 6.07) is 0. The molecule has 2 heterocycles. The van der Waals surface area contributed by atoms with E-state index in [4.69, 9.17) is 5.11 Å². The molecule has 0 aromatic carbocycles. The van der Waals surface area contributed by atoms with Gasteiger partial charge < -0.3 is 9.67 Å². The van der Waals surface area contributed by atoms with Gasteiger partial charge in [-0.25, -0.2) is 4.98 Å². The Kier molecular flexibility index (Phi) is 2.06. The average Bonchev–Trinajstić information content (AvgIpc) is 2.43. The Morgan fingerprint density at radius 3 is 2.93 bits per heavy atom. The highest BCUT2D eigenvalue weighted by Gasteiger charge is 2.29. The zero-order valence-corrected chi connectivity index (χ0v) is 8.45. The van der Waals surface area contributed by atoms with Gasteiger partial charge in [-0.05, 0) is 26.7 Å². The molecule has 0 saturated heterocycles. The zero-order valence-electron chi connectivity index (χ0n) is 8.45. The van der Waals surface area contributed by atoms with Crippen molar-refractivity contribution in [3.63, 3.8) is 0 Å². The van der Waals surface area contributed by atoms with E-state index in [0.29, 0.717) is 6.42 Å². The molecule has 1 aliphatic heterocycles. The monoisotopic (exact) mass is 194 g/mol. The average molecular weight is 194 g/mol. The van der Waals surface area contributed by atoms with Crippen LogP contribution in [0.5, 0.6) is 0 Å². The molecule has 0 radical (unpaired) electrons. The molecular formula is C10H14N2O2. The fourth-order valence-corrected chi connectivity index (χ4v) is 2.05. The SMILES string of the molecule is Cc1nc2n(c1C)CCC[C@@H]2C(=O)O. The third-order valence-corrected chi connectivity index (χ3v) is 2.97. The van der Waals surface area contributed by atoms with Crippen LogP contribution in [0.15, 0.2) is 0 Å². The first-order valence-electron chi connectivity index (χ1n) is 4.87. The molecule has 1 aromatic heterocycles. The van der Waals surface area contributed by atoms with E-state index in [1.165, 1.54) is 0 Å². The van der Waals surface area contributed by atoms with Gasteiger partial charge in [0, 0.05) is 12.2 Å². The number of aryl methyl sites for hydroxylation is 1. The Morgan fingerprint density at radius 2 is 2.29 bits per heavy atom. The molecule has 14 heavy (non-hydrogen) atoms. The minimum absolute atomic E-state index is 0.406. The smallest absolute Gasteiger partial charge is 0.314 e. The maximum Gasteiger partial charge on any atom is 0.314 e. The molecule has 4 heteroatoms. The van der Waals surface area contributed by atoms with Gasteiger partial charge in [-0.3, -0.25) is 4.79 Å². The van der Waals surface area contributed by atoms with E-state index >= 15 is 0 Å². The normalized spacial score (nSPS) is 20.6. The molecule has 0 unspecified atom stereocenters. The summed E-state index contributed by atoms with van der Waals surface area (Å²) >= 11 is 0. The summed E-state index contributed by atoms with van der Waals surface area (Å²) in [5.41, 5.74) is 2.05. The molecule has 76 valence electrons. The molecule has 0 fully saturated rings. The lowest BCUT2D eigenvalue weighted by Gasteiger charge is -2.20. The van der Waals surface area contributed by atoms with Crippen molar-refractivity contribution >= 4 is 5.97 Å². The third-order valence-electron chi connectivity index (χ3n) is 2.97. The number of nitrogens with zero attached hydrogens (tertiary/aromatic N) is 2. The van der Waals surface area contributed by atoms with Crippen LogP contribution in [0.25, 0.3) is 0 Å². The molecule has 2 rings (SSSR count). The van der Waals surface area contributed by atoms with E-state index in [0.717, 1.165) is 30.2 Å². The van der Waals surface area contributed by atoms with Crippen molar-refractivity contribution < 1.29 is 9.90 Å². The van der Waals surface area contributed by atoms with E-state index in [2.05, 4.69) is 4.98 Å². The number of fused-ring (bicyclic) bond motifs is 1. The standard InChI is InChI=1S/C10H14N2O2/c1-6-7(2)12-5-3-4-8(10(13)14)9(12)11-6/h8H,3-5H2,1-2H3,(H,13,14)/t8-/m0/s1. The lowest BCUT2D eigenvalue weighted by Crippen LogP contribution is -2.22. The van der Waals surface area contributed by atoms with Crippen LogP contribution in [0.3, 0.4) is 0 Å². The highest BCUT2D eigenvalue weighted by Crippen LogP contribution is 2.28. The van der Waals surface area contributed by atoms with Crippen LogP contribution in [0.1, 0.15) is 36.0 Å². The number of aromatic nitrogens is 2. The Bertz CT molecular complexity index is 382. The van der Waals surface area contributed by atoms with E-state index in [1.807, 2.05) is 18.4 Å². The Balaban J connectivity index is 2.50. The van der Waals surface area contributed by atoms with Crippen LogP contribution >= 0.6 is 0 Å². The summed E-state index contributed by atoms with van der Waals surface area (Å²) < 4.78 is 2.04.